The molecule has 0 radical (unpaired) electrons. The first-order valence-electron chi connectivity index (χ1n) is 6.22. The zero-order valence-electron chi connectivity index (χ0n) is 11.3. The third-order valence-electron chi connectivity index (χ3n) is 3.36. The average molecular weight is 325 g/mol. The minimum Gasteiger partial charge on any atom is -0.341 e. The third-order valence-corrected chi connectivity index (χ3v) is 3.72. The Morgan fingerprint density at radius 3 is 2.58 bits per heavy atom. The number of nitrogens with zero attached hydrogens (tertiary/aromatic N) is 1. The first-order chi connectivity index (χ1) is 8.97. The van der Waals surface area contributed by atoms with Crippen LogP contribution in [-0.2, 0) is 9.59 Å². The molecule has 1 unspecified atom stereocenters. The lowest BCUT2D eigenvalue weighted by atomic mass is 9.99. The molecule has 1 aromatic rings. The molecule has 102 valence electrons. The first-order valence-corrected chi connectivity index (χ1v) is 7.34. The van der Waals surface area contributed by atoms with Gasteiger partial charge in [-0.15, -0.1) is 0 Å². The number of benzene rings is 1. The van der Waals surface area contributed by atoms with Crippen molar-refractivity contribution >= 4 is 33.4 Å². The third kappa shape index (κ3) is 2.39. The molecule has 1 N–H and O–H groups in total. The van der Waals surface area contributed by atoms with Crippen LogP contribution in [0.3, 0.4) is 0 Å². The minimum absolute atomic E-state index is 0.0537. The molecule has 0 saturated heterocycles. The molecule has 4 nitrogen and oxygen atoms in total. The Bertz CT molecular complexity index is 542. The van der Waals surface area contributed by atoms with Crippen LogP contribution >= 0.6 is 15.9 Å². The number of alkyl halides is 1. The molecule has 2 amide bonds. The van der Waals surface area contributed by atoms with E-state index in [-0.39, 0.29) is 11.8 Å². The molecule has 0 saturated carbocycles. The summed E-state index contributed by atoms with van der Waals surface area (Å²) in [6.45, 7) is 6.00. The summed E-state index contributed by atoms with van der Waals surface area (Å²) in [6, 6.07) is 3.46. The average Bonchev–Trinajstić information content (AvgIpc) is 2.60. The summed E-state index contributed by atoms with van der Waals surface area (Å²) >= 11 is 3.37. The second-order valence-electron chi connectivity index (χ2n) is 4.77. The summed E-state index contributed by atoms with van der Waals surface area (Å²) in [5.74, 6) is -0.243. The van der Waals surface area contributed by atoms with Crippen LogP contribution in [0.15, 0.2) is 12.1 Å². The molecule has 2 rings (SSSR count). The second-order valence-corrected chi connectivity index (χ2v) is 5.57. The number of carbonyl (C=O) groups is 2. The van der Waals surface area contributed by atoms with E-state index < -0.39 is 6.04 Å². The van der Waals surface area contributed by atoms with Crippen LogP contribution in [0, 0.1) is 13.8 Å². The van der Waals surface area contributed by atoms with Gasteiger partial charge in [0.2, 0.25) is 5.91 Å². The number of carbonyl (C=O) groups excluding carboxylic acids is 2. The summed E-state index contributed by atoms with van der Waals surface area (Å²) < 4.78 is 0. The fraction of sp³-hybridized carbons (Fsp3) is 0.429. The molecule has 1 aliphatic rings. The summed E-state index contributed by atoms with van der Waals surface area (Å²) in [7, 11) is 0. The van der Waals surface area contributed by atoms with Gasteiger partial charge in [0.1, 0.15) is 6.04 Å². The van der Waals surface area contributed by atoms with Crippen molar-refractivity contribution < 1.29 is 9.59 Å². The molecule has 0 aliphatic carbocycles. The van der Waals surface area contributed by atoms with E-state index in [0.717, 1.165) is 22.4 Å². The van der Waals surface area contributed by atoms with Gasteiger partial charge in [0, 0.05) is 24.4 Å². The molecule has 19 heavy (non-hydrogen) atoms. The SMILES string of the molecule is CC(=O)NC1C(=O)N(CCBr)c2c(C)ccc(C)c21. The van der Waals surface area contributed by atoms with Crippen LogP contribution < -0.4 is 10.2 Å². The molecular weight excluding hydrogens is 308 g/mol. The zero-order chi connectivity index (χ0) is 14.2. The number of nitrogens with one attached hydrogen (secondary N) is 1. The van der Waals surface area contributed by atoms with Crippen LogP contribution in [0.5, 0.6) is 0 Å². The van der Waals surface area contributed by atoms with E-state index >= 15 is 0 Å². The number of halogens is 1. The Balaban J connectivity index is 2.56. The minimum atomic E-state index is -0.550. The quantitative estimate of drug-likeness (QED) is 0.867. The summed E-state index contributed by atoms with van der Waals surface area (Å²) in [4.78, 5) is 25.6. The van der Waals surface area contributed by atoms with E-state index in [0.29, 0.717) is 11.9 Å². The number of anilines is 1. The Morgan fingerprint density at radius 2 is 2.00 bits per heavy atom. The lowest BCUT2D eigenvalue weighted by Crippen LogP contribution is -2.37. The molecule has 5 heteroatoms. The highest BCUT2D eigenvalue weighted by Crippen LogP contribution is 2.40. The van der Waals surface area contributed by atoms with Crippen molar-refractivity contribution in [2.45, 2.75) is 26.8 Å². The van der Waals surface area contributed by atoms with Crippen molar-refractivity contribution in [3.8, 4) is 0 Å². The lowest BCUT2D eigenvalue weighted by Gasteiger charge is -2.18. The molecule has 1 aromatic carbocycles. The van der Waals surface area contributed by atoms with Gasteiger partial charge < -0.3 is 10.2 Å². The van der Waals surface area contributed by atoms with Crippen molar-refractivity contribution in [1.82, 2.24) is 5.32 Å². The van der Waals surface area contributed by atoms with Crippen molar-refractivity contribution in [2.75, 3.05) is 16.8 Å². The Kier molecular flexibility index (Phi) is 3.94. The van der Waals surface area contributed by atoms with Crippen LogP contribution in [0.25, 0.3) is 0 Å². The largest absolute Gasteiger partial charge is 0.341 e. The highest BCUT2D eigenvalue weighted by molar-refractivity contribution is 9.09. The first kappa shape index (κ1) is 14.1. The highest BCUT2D eigenvalue weighted by atomic mass is 79.9. The number of aryl methyl sites for hydroxylation is 2. The van der Waals surface area contributed by atoms with E-state index in [1.165, 1.54) is 6.92 Å². The van der Waals surface area contributed by atoms with Crippen molar-refractivity contribution in [1.29, 1.82) is 0 Å². The van der Waals surface area contributed by atoms with Crippen molar-refractivity contribution in [2.24, 2.45) is 0 Å². The van der Waals surface area contributed by atoms with Crippen molar-refractivity contribution in [3.63, 3.8) is 0 Å². The summed E-state index contributed by atoms with van der Waals surface area (Å²) in [6.07, 6.45) is 0. The fourth-order valence-electron chi connectivity index (χ4n) is 2.57. The standard InChI is InChI=1S/C14H17BrN2O2/c1-8-4-5-9(2)13-11(8)12(16-10(3)18)14(19)17(13)7-6-15/h4-5,12H,6-7H2,1-3H3,(H,16,18). The summed E-state index contributed by atoms with van der Waals surface area (Å²) in [5, 5.41) is 3.47. The van der Waals surface area contributed by atoms with Gasteiger partial charge in [0.05, 0.1) is 5.69 Å². The van der Waals surface area contributed by atoms with Gasteiger partial charge in [0.25, 0.3) is 5.91 Å². The van der Waals surface area contributed by atoms with Crippen LogP contribution in [0.4, 0.5) is 5.69 Å². The predicted molar refractivity (Wildman–Crippen MR) is 78.6 cm³/mol. The molecule has 1 heterocycles. The molecule has 0 spiro atoms. The molecule has 0 bridgehead atoms. The lowest BCUT2D eigenvalue weighted by molar-refractivity contribution is -0.126. The number of fused-ring (bicyclic) bond motifs is 1. The smallest absolute Gasteiger partial charge is 0.254 e. The van der Waals surface area contributed by atoms with Gasteiger partial charge in [-0.3, -0.25) is 9.59 Å². The zero-order valence-corrected chi connectivity index (χ0v) is 12.9. The maximum Gasteiger partial charge on any atom is 0.254 e. The van der Waals surface area contributed by atoms with E-state index in [4.69, 9.17) is 0 Å². The van der Waals surface area contributed by atoms with Gasteiger partial charge in [0.15, 0.2) is 0 Å². The van der Waals surface area contributed by atoms with Gasteiger partial charge in [-0.2, -0.15) is 0 Å². The Hall–Kier alpha value is -1.36. The van der Waals surface area contributed by atoms with Gasteiger partial charge >= 0.3 is 0 Å². The summed E-state index contributed by atoms with van der Waals surface area (Å²) in [5.41, 5.74) is 3.97. The molecular formula is C14H17BrN2O2. The van der Waals surface area contributed by atoms with E-state index in [1.807, 2.05) is 26.0 Å². The maximum absolute atomic E-state index is 12.5. The van der Waals surface area contributed by atoms with E-state index in [2.05, 4.69) is 21.2 Å². The molecule has 1 atom stereocenters. The van der Waals surface area contributed by atoms with E-state index in [9.17, 15) is 9.59 Å². The maximum atomic E-state index is 12.5. The highest BCUT2D eigenvalue weighted by Gasteiger charge is 2.39. The Morgan fingerprint density at radius 1 is 1.37 bits per heavy atom. The van der Waals surface area contributed by atoms with Crippen LogP contribution in [-0.4, -0.2) is 23.7 Å². The van der Waals surface area contributed by atoms with Crippen molar-refractivity contribution in [3.05, 3.63) is 28.8 Å². The molecule has 0 fully saturated rings. The topological polar surface area (TPSA) is 49.4 Å². The molecule has 1 aliphatic heterocycles. The monoisotopic (exact) mass is 324 g/mol. The molecule has 0 aromatic heterocycles. The van der Waals surface area contributed by atoms with E-state index in [1.54, 1.807) is 4.90 Å². The van der Waals surface area contributed by atoms with Gasteiger partial charge in [-0.05, 0) is 25.0 Å². The number of hydrogen-bond acceptors (Lipinski definition) is 2. The Labute approximate surface area is 121 Å². The van der Waals surface area contributed by atoms with Crippen LogP contribution in [0.2, 0.25) is 0 Å². The number of rotatable bonds is 3. The van der Waals surface area contributed by atoms with Gasteiger partial charge in [-0.1, -0.05) is 28.1 Å². The normalized spacial score (nSPS) is 17.6. The second kappa shape index (κ2) is 5.33. The number of amides is 2. The number of hydrogen-bond donors (Lipinski definition) is 1. The van der Waals surface area contributed by atoms with Gasteiger partial charge in [-0.25, -0.2) is 0 Å². The predicted octanol–water partition coefficient (Wildman–Crippen LogP) is 2.22. The fourth-order valence-corrected chi connectivity index (χ4v) is 2.93. The van der Waals surface area contributed by atoms with Crippen LogP contribution in [0.1, 0.15) is 29.7 Å².